The normalized spacial score (nSPS) is 14.6. The molecule has 0 aromatic carbocycles. The van der Waals surface area contributed by atoms with Gasteiger partial charge in [0.05, 0.1) is 5.60 Å². The summed E-state index contributed by atoms with van der Waals surface area (Å²) in [5, 5.41) is 19.1. The molecule has 0 bridgehead atoms. The van der Waals surface area contributed by atoms with Gasteiger partial charge in [-0.15, -0.1) is 5.10 Å². The summed E-state index contributed by atoms with van der Waals surface area (Å²) < 4.78 is 0. The molecular formula is C11H20N4O2S. The SMILES string of the molecule is CSCC(C)(O)CNC(=O)c1n[nH]c(C(C)C)n1. The predicted octanol–water partition coefficient (Wildman–Crippen LogP) is 0.772. The third kappa shape index (κ3) is 4.30. The molecule has 0 spiro atoms. The van der Waals surface area contributed by atoms with Gasteiger partial charge in [-0.1, -0.05) is 13.8 Å². The molecule has 1 heterocycles. The Morgan fingerprint density at radius 1 is 1.61 bits per heavy atom. The average Bonchev–Trinajstić information content (AvgIpc) is 2.75. The highest BCUT2D eigenvalue weighted by Crippen LogP contribution is 2.10. The minimum absolute atomic E-state index is 0.110. The minimum Gasteiger partial charge on any atom is -0.387 e. The number of rotatable bonds is 6. The van der Waals surface area contributed by atoms with Crippen molar-refractivity contribution >= 4 is 17.7 Å². The summed E-state index contributed by atoms with van der Waals surface area (Å²) in [5.41, 5.74) is -0.924. The Balaban J connectivity index is 2.55. The van der Waals surface area contributed by atoms with Gasteiger partial charge < -0.3 is 10.4 Å². The number of hydrogen-bond acceptors (Lipinski definition) is 5. The van der Waals surface area contributed by atoms with Crippen molar-refractivity contribution in [3.63, 3.8) is 0 Å². The van der Waals surface area contributed by atoms with Crippen molar-refractivity contribution < 1.29 is 9.90 Å². The van der Waals surface area contributed by atoms with Crippen LogP contribution in [0.15, 0.2) is 0 Å². The molecule has 0 aliphatic rings. The van der Waals surface area contributed by atoms with Crippen LogP contribution in [-0.2, 0) is 0 Å². The fourth-order valence-electron chi connectivity index (χ4n) is 1.35. The molecule has 1 aromatic heterocycles. The number of amides is 1. The number of aromatic nitrogens is 3. The Morgan fingerprint density at radius 3 is 2.78 bits per heavy atom. The number of H-pyrrole nitrogens is 1. The molecule has 0 fully saturated rings. The van der Waals surface area contributed by atoms with Crippen molar-refractivity contribution in [2.24, 2.45) is 0 Å². The van der Waals surface area contributed by atoms with Crippen molar-refractivity contribution in [3.8, 4) is 0 Å². The van der Waals surface area contributed by atoms with Crippen LogP contribution in [0.3, 0.4) is 0 Å². The van der Waals surface area contributed by atoms with E-state index in [2.05, 4.69) is 20.5 Å². The summed E-state index contributed by atoms with van der Waals surface area (Å²) in [4.78, 5) is 15.8. The topological polar surface area (TPSA) is 90.9 Å². The van der Waals surface area contributed by atoms with Crippen LogP contribution in [0, 0.1) is 0 Å². The van der Waals surface area contributed by atoms with Gasteiger partial charge in [0, 0.05) is 18.2 Å². The molecule has 3 N–H and O–H groups in total. The van der Waals surface area contributed by atoms with Crippen LogP contribution in [0.2, 0.25) is 0 Å². The summed E-state index contributed by atoms with van der Waals surface area (Å²) >= 11 is 1.53. The largest absolute Gasteiger partial charge is 0.387 e. The Labute approximate surface area is 111 Å². The number of nitrogens with zero attached hydrogens (tertiary/aromatic N) is 2. The highest BCUT2D eigenvalue weighted by atomic mass is 32.2. The third-order valence-electron chi connectivity index (χ3n) is 2.34. The molecule has 102 valence electrons. The van der Waals surface area contributed by atoms with Crippen LogP contribution >= 0.6 is 11.8 Å². The van der Waals surface area contributed by atoms with Gasteiger partial charge in [0.15, 0.2) is 0 Å². The van der Waals surface area contributed by atoms with Crippen LogP contribution in [-0.4, -0.2) is 50.3 Å². The summed E-state index contributed by atoms with van der Waals surface area (Å²) in [6.07, 6.45) is 1.90. The van der Waals surface area contributed by atoms with Gasteiger partial charge in [-0.3, -0.25) is 9.89 Å². The number of carbonyl (C=O) groups excluding carboxylic acids is 1. The van der Waals surface area contributed by atoms with Crippen molar-refractivity contribution in [2.75, 3.05) is 18.6 Å². The van der Waals surface area contributed by atoms with Gasteiger partial charge in [0.2, 0.25) is 5.82 Å². The monoisotopic (exact) mass is 272 g/mol. The van der Waals surface area contributed by atoms with Crippen molar-refractivity contribution in [1.82, 2.24) is 20.5 Å². The number of thioether (sulfide) groups is 1. The standard InChI is InChI=1S/C11H20N4O2S/c1-7(2)8-13-9(15-14-8)10(16)12-5-11(3,17)6-18-4/h7,17H,5-6H2,1-4H3,(H,12,16)(H,13,14,15). The minimum atomic E-state index is -0.924. The van der Waals surface area contributed by atoms with E-state index in [9.17, 15) is 9.90 Å². The Hall–Kier alpha value is -1.08. The number of aromatic amines is 1. The molecule has 7 heteroatoms. The van der Waals surface area contributed by atoms with Crippen LogP contribution < -0.4 is 5.32 Å². The first-order valence-corrected chi connectivity index (χ1v) is 7.17. The van der Waals surface area contributed by atoms with E-state index >= 15 is 0 Å². The zero-order valence-electron chi connectivity index (χ0n) is 11.1. The molecule has 0 aliphatic heterocycles. The number of carbonyl (C=O) groups is 1. The first kappa shape index (κ1) is 15.0. The maximum Gasteiger partial charge on any atom is 0.291 e. The number of aliphatic hydroxyl groups is 1. The molecule has 0 radical (unpaired) electrons. The molecule has 1 rings (SSSR count). The lowest BCUT2D eigenvalue weighted by Gasteiger charge is -2.21. The smallest absolute Gasteiger partial charge is 0.291 e. The van der Waals surface area contributed by atoms with E-state index in [1.807, 2.05) is 20.1 Å². The Kier molecular flexibility index (Phi) is 5.15. The highest BCUT2D eigenvalue weighted by molar-refractivity contribution is 7.98. The summed E-state index contributed by atoms with van der Waals surface area (Å²) in [6, 6.07) is 0. The lowest BCUT2D eigenvalue weighted by atomic mass is 10.1. The van der Waals surface area contributed by atoms with Crippen molar-refractivity contribution in [3.05, 3.63) is 11.6 Å². The van der Waals surface area contributed by atoms with Gasteiger partial charge >= 0.3 is 0 Å². The van der Waals surface area contributed by atoms with E-state index < -0.39 is 5.60 Å². The fourth-order valence-corrected chi connectivity index (χ4v) is 2.07. The average molecular weight is 272 g/mol. The summed E-state index contributed by atoms with van der Waals surface area (Å²) in [5.74, 6) is 1.16. The Bertz CT molecular complexity index is 404. The van der Waals surface area contributed by atoms with Crippen LogP contribution in [0.4, 0.5) is 0 Å². The van der Waals surface area contributed by atoms with Crippen LogP contribution in [0.1, 0.15) is 43.1 Å². The van der Waals surface area contributed by atoms with E-state index in [0.29, 0.717) is 11.6 Å². The highest BCUT2D eigenvalue weighted by Gasteiger charge is 2.22. The lowest BCUT2D eigenvalue weighted by Crippen LogP contribution is -2.42. The van der Waals surface area contributed by atoms with E-state index in [1.165, 1.54) is 11.8 Å². The molecule has 18 heavy (non-hydrogen) atoms. The van der Waals surface area contributed by atoms with Gasteiger partial charge in [-0.05, 0) is 13.2 Å². The first-order valence-electron chi connectivity index (χ1n) is 5.77. The molecule has 1 atom stereocenters. The lowest BCUT2D eigenvalue weighted by molar-refractivity contribution is 0.0719. The summed E-state index contributed by atoms with van der Waals surface area (Å²) in [6.45, 7) is 5.79. The first-order chi connectivity index (χ1) is 8.35. The number of hydrogen-bond donors (Lipinski definition) is 3. The van der Waals surface area contributed by atoms with E-state index in [0.717, 1.165) is 0 Å². The third-order valence-corrected chi connectivity index (χ3v) is 3.25. The second-order valence-electron chi connectivity index (χ2n) is 4.81. The maximum atomic E-state index is 11.8. The second kappa shape index (κ2) is 6.19. The fraction of sp³-hybridized carbons (Fsp3) is 0.727. The van der Waals surface area contributed by atoms with Crippen LogP contribution in [0.5, 0.6) is 0 Å². The Morgan fingerprint density at radius 2 is 2.28 bits per heavy atom. The molecule has 1 amide bonds. The van der Waals surface area contributed by atoms with Crippen LogP contribution in [0.25, 0.3) is 0 Å². The van der Waals surface area contributed by atoms with Gasteiger partial charge in [-0.25, -0.2) is 4.98 Å². The molecule has 6 nitrogen and oxygen atoms in total. The number of nitrogens with one attached hydrogen (secondary N) is 2. The van der Waals surface area contributed by atoms with E-state index in [1.54, 1.807) is 6.92 Å². The molecule has 0 aliphatic carbocycles. The van der Waals surface area contributed by atoms with Gasteiger partial charge in [0.25, 0.3) is 5.91 Å². The predicted molar refractivity (Wildman–Crippen MR) is 71.8 cm³/mol. The van der Waals surface area contributed by atoms with Crippen molar-refractivity contribution in [2.45, 2.75) is 32.3 Å². The van der Waals surface area contributed by atoms with Gasteiger partial charge in [0.1, 0.15) is 5.82 Å². The zero-order chi connectivity index (χ0) is 13.8. The zero-order valence-corrected chi connectivity index (χ0v) is 12.0. The summed E-state index contributed by atoms with van der Waals surface area (Å²) in [7, 11) is 0. The molecular weight excluding hydrogens is 252 g/mol. The molecule has 1 aromatic rings. The second-order valence-corrected chi connectivity index (χ2v) is 5.68. The molecule has 1 unspecified atom stereocenters. The van der Waals surface area contributed by atoms with Gasteiger partial charge in [-0.2, -0.15) is 11.8 Å². The van der Waals surface area contributed by atoms with E-state index in [-0.39, 0.29) is 24.2 Å². The van der Waals surface area contributed by atoms with E-state index in [4.69, 9.17) is 0 Å². The molecule has 0 saturated carbocycles. The maximum absolute atomic E-state index is 11.8. The molecule has 0 saturated heterocycles. The van der Waals surface area contributed by atoms with Crippen molar-refractivity contribution in [1.29, 1.82) is 0 Å². The quantitative estimate of drug-likeness (QED) is 0.711.